The van der Waals surface area contributed by atoms with Gasteiger partial charge in [0.25, 0.3) is 0 Å². The molecule has 0 unspecified atom stereocenters. The highest BCUT2D eigenvalue weighted by molar-refractivity contribution is 5.67. The summed E-state index contributed by atoms with van der Waals surface area (Å²) in [5, 5.41) is 0. The molecule has 0 bridgehead atoms. The molecule has 0 atom stereocenters. The van der Waals surface area contributed by atoms with Gasteiger partial charge in [0.15, 0.2) is 17.5 Å². The number of hydrogen-bond donors (Lipinski definition) is 0. The first-order valence-electron chi connectivity index (χ1n) is 10.7. The SMILES string of the molecule is CCOc1cccc(-c2ccc(Cn3ccc4nc(-c5cccc(F)c5F)nc-4c3)cc2)c1. The molecule has 2 heterocycles. The van der Waals surface area contributed by atoms with E-state index in [9.17, 15) is 8.78 Å². The summed E-state index contributed by atoms with van der Waals surface area (Å²) in [7, 11) is 0. The van der Waals surface area contributed by atoms with Crippen molar-refractivity contribution in [3.8, 4) is 39.7 Å². The molecule has 0 amide bonds. The maximum atomic E-state index is 14.1. The maximum absolute atomic E-state index is 14.1. The Balaban J connectivity index is 1.37. The molecule has 0 fully saturated rings. The van der Waals surface area contributed by atoms with Gasteiger partial charge in [-0.25, -0.2) is 18.7 Å². The average Bonchev–Trinajstić information content (AvgIpc) is 3.25. The monoisotopic (exact) mass is 441 g/mol. The first-order valence-corrected chi connectivity index (χ1v) is 10.7. The van der Waals surface area contributed by atoms with Gasteiger partial charge in [-0.3, -0.25) is 0 Å². The summed E-state index contributed by atoms with van der Waals surface area (Å²) < 4.78 is 35.3. The number of benzene rings is 3. The summed E-state index contributed by atoms with van der Waals surface area (Å²) in [6, 6.07) is 22.2. The number of ether oxygens (including phenoxy) is 1. The highest BCUT2D eigenvalue weighted by atomic mass is 19.2. The Kier molecular flexibility index (Phi) is 5.57. The van der Waals surface area contributed by atoms with Crippen molar-refractivity contribution in [3.63, 3.8) is 0 Å². The van der Waals surface area contributed by atoms with Crippen LogP contribution in [0.1, 0.15) is 12.5 Å². The van der Waals surface area contributed by atoms with Crippen LogP contribution in [-0.4, -0.2) is 21.1 Å². The number of pyridine rings is 1. The van der Waals surface area contributed by atoms with E-state index in [1.807, 2.05) is 48.1 Å². The summed E-state index contributed by atoms with van der Waals surface area (Å²) in [5.41, 5.74) is 4.66. The minimum Gasteiger partial charge on any atom is -0.494 e. The fourth-order valence-corrected chi connectivity index (χ4v) is 3.79. The van der Waals surface area contributed by atoms with Crippen LogP contribution < -0.4 is 4.74 Å². The topological polar surface area (TPSA) is 39.9 Å². The van der Waals surface area contributed by atoms with Gasteiger partial charge in [0.2, 0.25) is 0 Å². The van der Waals surface area contributed by atoms with E-state index >= 15 is 0 Å². The average molecular weight is 441 g/mol. The van der Waals surface area contributed by atoms with Gasteiger partial charge in [0, 0.05) is 18.9 Å². The summed E-state index contributed by atoms with van der Waals surface area (Å²) in [6.07, 6.45) is 3.77. The zero-order chi connectivity index (χ0) is 22.8. The molecule has 4 nitrogen and oxygen atoms in total. The number of hydrogen-bond acceptors (Lipinski definition) is 3. The molecule has 2 aliphatic rings. The smallest absolute Gasteiger partial charge is 0.169 e. The van der Waals surface area contributed by atoms with Crippen molar-refractivity contribution in [2.45, 2.75) is 13.5 Å². The molecule has 0 N–H and O–H groups in total. The van der Waals surface area contributed by atoms with E-state index in [2.05, 4.69) is 40.3 Å². The number of halogens is 2. The summed E-state index contributed by atoms with van der Waals surface area (Å²) in [6.45, 7) is 3.25. The molecule has 5 rings (SSSR count). The van der Waals surface area contributed by atoms with Crippen LogP contribution >= 0.6 is 0 Å². The largest absolute Gasteiger partial charge is 0.494 e. The Bertz CT molecular complexity index is 1380. The first-order chi connectivity index (χ1) is 16.1. The fourth-order valence-electron chi connectivity index (χ4n) is 3.79. The van der Waals surface area contributed by atoms with Crippen molar-refractivity contribution in [2.75, 3.05) is 6.61 Å². The van der Waals surface area contributed by atoms with E-state index < -0.39 is 11.6 Å². The van der Waals surface area contributed by atoms with E-state index in [1.54, 1.807) is 0 Å². The van der Waals surface area contributed by atoms with Gasteiger partial charge in [-0.15, -0.1) is 0 Å². The molecule has 0 saturated heterocycles. The Morgan fingerprint density at radius 1 is 0.848 bits per heavy atom. The van der Waals surface area contributed by atoms with Crippen LogP contribution in [0.15, 0.2) is 85.2 Å². The second kappa shape index (κ2) is 8.82. The van der Waals surface area contributed by atoms with E-state index in [1.165, 1.54) is 12.1 Å². The third-order valence-corrected chi connectivity index (χ3v) is 5.42. The number of nitrogens with zero attached hydrogens (tertiary/aromatic N) is 3. The highest BCUT2D eigenvalue weighted by Gasteiger charge is 2.17. The lowest BCUT2D eigenvalue weighted by molar-refractivity contribution is 0.340. The van der Waals surface area contributed by atoms with Crippen LogP contribution in [0.4, 0.5) is 8.78 Å². The van der Waals surface area contributed by atoms with Crippen LogP contribution in [0, 0.1) is 11.6 Å². The molecule has 33 heavy (non-hydrogen) atoms. The normalized spacial score (nSPS) is 11.1. The van der Waals surface area contributed by atoms with E-state index in [0.717, 1.165) is 28.5 Å². The number of rotatable bonds is 6. The fraction of sp³-hybridized carbons (Fsp3) is 0.111. The van der Waals surface area contributed by atoms with Gasteiger partial charge in [-0.2, -0.15) is 0 Å². The predicted molar refractivity (Wildman–Crippen MR) is 124 cm³/mol. The lowest BCUT2D eigenvalue weighted by Crippen LogP contribution is -2.00. The van der Waals surface area contributed by atoms with Crippen LogP contribution in [0.2, 0.25) is 0 Å². The standard InChI is InChI=1S/C27H21F2N3O/c1-2-33-21-6-3-5-20(15-21)19-11-9-18(10-12-19)16-32-14-13-24-25(17-32)31-27(30-24)22-7-4-8-23(28)26(22)29/h3-15,17H,2,16H2,1H3. The van der Waals surface area contributed by atoms with Crippen molar-refractivity contribution in [2.24, 2.45) is 0 Å². The Hall–Kier alpha value is -4.06. The van der Waals surface area contributed by atoms with Crippen LogP contribution in [0.3, 0.4) is 0 Å². The lowest BCUT2D eigenvalue weighted by atomic mass is 10.0. The third-order valence-electron chi connectivity index (χ3n) is 5.42. The van der Waals surface area contributed by atoms with Crippen LogP contribution in [0.25, 0.3) is 33.9 Å². The number of imidazole rings is 1. The molecule has 0 saturated carbocycles. The Morgan fingerprint density at radius 3 is 2.45 bits per heavy atom. The molecule has 0 radical (unpaired) electrons. The second-order valence-electron chi connectivity index (χ2n) is 7.69. The molecule has 2 aliphatic heterocycles. The van der Waals surface area contributed by atoms with Crippen molar-refractivity contribution in [1.82, 2.24) is 14.5 Å². The zero-order valence-electron chi connectivity index (χ0n) is 18.0. The number of aromatic nitrogens is 3. The third kappa shape index (κ3) is 4.32. The maximum Gasteiger partial charge on any atom is 0.169 e. The van der Waals surface area contributed by atoms with E-state index in [0.29, 0.717) is 24.5 Å². The van der Waals surface area contributed by atoms with Crippen LogP contribution in [0.5, 0.6) is 5.75 Å². The van der Waals surface area contributed by atoms with Crippen molar-refractivity contribution in [3.05, 3.63) is 102 Å². The van der Waals surface area contributed by atoms with Gasteiger partial charge < -0.3 is 9.30 Å². The van der Waals surface area contributed by atoms with Gasteiger partial charge in [0.1, 0.15) is 11.4 Å². The molecule has 3 aromatic rings. The quantitative estimate of drug-likeness (QED) is 0.304. The predicted octanol–water partition coefficient (Wildman–Crippen LogP) is 6.44. The van der Waals surface area contributed by atoms with Crippen molar-refractivity contribution < 1.29 is 13.5 Å². The van der Waals surface area contributed by atoms with Gasteiger partial charge in [-0.1, -0.05) is 42.5 Å². The molecular formula is C27H21F2N3O. The molecule has 0 aromatic heterocycles. The first kappa shape index (κ1) is 20.8. The molecule has 3 aromatic carbocycles. The number of fused-ring (bicyclic) bond motifs is 1. The van der Waals surface area contributed by atoms with Gasteiger partial charge >= 0.3 is 0 Å². The van der Waals surface area contributed by atoms with Crippen LogP contribution in [-0.2, 0) is 6.54 Å². The summed E-state index contributed by atoms with van der Waals surface area (Å²) in [5.74, 6) is -0.813. The Labute approximate surface area is 190 Å². The highest BCUT2D eigenvalue weighted by Crippen LogP contribution is 2.28. The lowest BCUT2D eigenvalue weighted by Gasteiger charge is -2.10. The summed E-state index contributed by atoms with van der Waals surface area (Å²) in [4.78, 5) is 8.77. The molecule has 6 heteroatoms. The summed E-state index contributed by atoms with van der Waals surface area (Å²) >= 11 is 0. The van der Waals surface area contributed by atoms with Crippen molar-refractivity contribution in [1.29, 1.82) is 0 Å². The van der Waals surface area contributed by atoms with E-state index in [4.69, 9.17) is 4.74 Å². The minimum atomic E-state index is -0.937. The Morgan fingerprint density at radius 2 is 1.64 bits per heavy atom. The zero-order valence-corrected chi connectivity index (χ0v) is 18.0. The molecule has 0 aliphatic carbocycles. The second-order valence-corrected chi connectivity index (χ2v) is 7.69. The molecular weight excluding hydrogens is 420 g/mol. The minimum absolute atomic E-state index is 0.0572. The van der Waals surface area contributed by atoms with Gasteiger partial charge in [0.05, 0.1) is 17.9 Å². The van der Waals surface area contributed by atoms with Crippen molar-refractivity contribution >= 4 is 0 Å². The van der Waals surface area contributed by atoms with Gasteiger partial charge in [-0.05, 0) is 53.9 Å². The van der Waals surface area contributed by atoms with E-state index in [-0.39, 0.29) is 11.4 Å². The molecule has 0 spiro atoms. The molecule has 164 valence electrons.